The van der Waals surface area contributed by atoms with Gasteiger partial charge in [-0.25, -0.2) is 4.79 Å². The van der Waals surface area contributed by atoms with E-state index in [1.165, 1.54) is 24.3 Å². The molecule has 3 N–H and O–H groups in total. The van der Waals surface area contributed by atoms with Crippen LogP contribution in [0.5, 0.6) is 0 Å². The average Bonchev–Trinajstić information content (AvgIpc) is 2.51. The number of nitro groups is 1. The van der Waals surface area contributed by atoms with E-state index < -0.39 is 22.8 Å². The van der Waals surface area contributed by atoms with Gasteiger partial charge in [0.1, 0.15) is 17.7 Å². The molecule has 9 heteroatoms. The number of anilines is 1. The van der Waals surface area contributed by atoms with Gasteiger partial charge in [0.25, 0.3) is 11.6 Å². The second-order valence-corrected chi connectivity index (χ2v) is 5.15. The Morgan fingerprint density at radius 1 is 1.33 bits per heavy atom. The molecule has 1 unspecified atom stereocenters. The molecular weight excluding hydrogens is 316 g/mol. The number of nitriles is 1. The smallest absolute Gasteiger partial charge is 0.326 e. The zero-order chi connectivity index (χ0) is 18.3. The molecule has 1 aromatic carbocycles. The second kappa shape index (κ2) is 8.28. The zero-order valence-corrected chi connectivity index (χ0v) is 13.0. The fraction of sp³-hybridized carbons (Fsp3) is 0.267. The topological polar surface area (TPSA) is 145 Å². The molecule has 0 aliphatic carbocycles. The number of carboxylic acid groups (broad SMARTS) is 1. The van der Waals surface area contributed by atoms with Gasteiger partial charge in [-0.3, -0.25) is 14.9 Å². The number of nitrogens with one attached hydrogen (secondary N) is 2. The first-order valence-corrected chi connectivity index (χ1v) is 6.91. The van der Waals surface area contributed by atoms with Crippen LogP contribution < -0.4 is 10.6 Å². The minimum atomic E-state index is -1.10. The standard InChI is InChI=1S/C15H16N4O5/c1-9(2)13(15(21)22)17-8-10(7-16)14(20)18-11-3-5-12(6-4-11)19(23)24/h3-6,8-9,13,17H,1-2H3,(H,18,20)(H,21,22)/b10-8-. The molecule has 1 rings (SSSR count). The minimum absolute atomic E-state index is 0.132. The lowest BCUT2D eigenvalue weighted by molar-refractivity contribution is -0.384. The molecule has 0 radical (unpaired) electrons. The molecule has 1 aromatic rings. The van der Waals surface area contributed by atoms with Gasteiger partial charge in [-0.15, -0.1) is 0 Å². The Balaban J connectivity index is 2.83. The molecule has 0 spiro atoms. The fourth-order valence-corrected chi connectivity index (χ4v) is 1.74. The Labute approximate surface area is 137 Å². The van der Waals surface area contributed by atoms with Gasteiger partial charge in [0, 0.05) is 24.0 Å². The van der Waals surface area contributed by atoms with E-state index >= 15 is 0 Å². The monoisotopic (exact) mass is 332 g/mol. The number of carboxylic acids is 1. The van der Waals surface area contributed by atoms with Crippen LogP contribution in [0.4, 0.5) is 11.4 Å². The normalized spacial score (nSPS) is 12.2. The van der Waals surface area contributed by atoms with Gasteiger partial charge in [-0.2, -0.15) is 5.26 Å². The summed E-state index contributed by atoms with van der Waals surface area (Å²) in [5.41, 5.74) is -0.183. The van der Waals surface area contributed by atoms with Crippen LogP contribution in [0.3, 0.4) is 0 Å². The Morgan fingerprint density at radius 3 is 2.33 bits per heavy atom. The van der Waals surface area contributed by atoms with Gasteiger partial charge in [-0.1, -0.05) is 13.8 Å². The molecular formula is C15H16N4O5. The summed E-state index contributed by atoms with van der Waals surface area (Å²) in [6.45, 7) is 3.37. The maximum absolute atomic E-state index is 12.0. The van der Waals surface area contributed by atoms with Crippen LogP contribution >= 0.6 is 0 Å². The van der Waals surface area contributed by atoms with Crippen LogP contribution in [0.15, 0.2) is 36.0 Å². The van der Waals surface area contributed by atoms with Crippen molar-refractivity contribution in [1.29, 1.82) is 5.26 Å². The highest BCUT2D eigenvalue weighted by atomic mass is 16.6. The van der Waals surface area contributed by atoms with Crippen molar-refractivity contribution >= 4 is 23.3 Å². The van der Waals surface area contributed by atoms with Gasteiger partial charge in [0.2, 0.25) is 0 Å². The molecule has 0 aliphatic rings. The molecule has 0 aliphatic heterocycles. The molecule has 0 saturated carbocycles. The number of carbonyl (C=O) groups is 2. The number of hydrogen-bond acceptors (Lipinski definition) is 6. The number of rotatable bonds is 7. The summed E-state index contributed by atoms with van der Waals surface area (Å²) in [6, 6.07) is 5.80. The minimum Gasteiger partial charge on any atom is -0.480 e. The van der Waals surface area contributed by atoms with E-state index in [0.717, 1.165) is 6.20 Å². The Morgan fingerprint density at radius 2 is 1.92 bits per heavy atom. The molecule has 126 valence electrons. The molecule has 9 nitrogen and oxygen atoms in total. The largest absolute Gasteiger partial charge is 0.480 e. The third kappa shape index (κ3) is 5.10. The van der Waals surface area contributed by atoms with E-state index in [9.17, 15) is 19.7 Å². The van der Waals surface area contributed by atoms with Crippen LogP contribution in [0.1, 0.15) is 13.8 Å². The van der Waals surface area contributed by atoms with E-state index in [0.29, 0.717) is 0 Å². The highest BCUT2D eigenvalue weighted by Crippen LogP contribution is 2.16. The summed E-state index contributed by atoms with van der Waals surface area (Å²) in [7, 11) is 0. The predicted octanol–water partition coefficient (Wildman–Crippen LogP) is 1.64. The molecule has 0 aromatic heterocycles. The Kier molecular flexibility index (Phi) is 6.43. The number of nitrogens with zero attached hydrogens (tertiary/aromatic N) is 2. The van der Waals surface area contributed by atoms with Crippen molar-refractivity contribution in [2.24, 2.45) is 5.92 Å². The summed E-state index contributed by atoms with van der Waals surface area (Å²) < 4.78 is 0. The van der Waals surface area contributed by atoms with E-state index in [2.05, 4.69) is 10.6 Å². The molecule has 0 fully saturated rings. The van der Waals surface area contributed by atoms with Crippen molar-refractivity contribution in [3.63, 3.8) is 0 Å². The number of non-ortho nitro benzene ring substituents is 1. The predicted molar refractivity (Wildman–Crippen MR) is 84.8 cm³/mol. The molecule has 0 heterocycles. The van der Waals surface area contributed by atoms with Crippen LogP contribution in [0, 0.1) is 27.4 Å². The van der Waals surface area contributed by atoms with E-state index in [1.54, 1.807) is 19.9 Å². The van der Waals surface area contributed by atoms with Gasteiger partial charge in [0.05, 0.1) is 4.92 Å². The summed E-state index contributed by atoms with van der Waals surface area (Å²) in [6.07, 6.45) is 1.04. The SMILES string of the molecule is CC(C)C(N/C=C(/C#N)C(=O)Nc1ccc([N+](=O)[O-])cc1)C(=O)O. The molecule has 24 heavy (non-hydrogen) atoms. The molecule has 0 saturated heterocycles. The Hall–Kier alpha value is -3.41. The molecule has 1 atom stereocenters. The van der Waals surface area contributed by atoms with Gasteiger partial charge >= 0.3 is 5.97 Å². The van der Waals surface area contributed by atoms with Crippen molar-refractivity contribution in [2.75, 3.05) is 5.32 Å². The zero-order valence-electron chi connectivity index (χ0n) is 13.0. The van der Waals surface area contributed by atoms with Gasteiger partial charge in [0.15, 0.2) is 0 Å². The van der Waals surface area contributed by atoms with E-state index in [1.807, 2.05) is 0 Å². The first-order valence-electron chi connectivity index (χ1n) is 6.91. The first-order chi connectivity index (χ1) is 11.3. The first kappa shape index (κ1) is 18.6. The summed E-state index contributed by atoms with van der Waals surface area (Å²) >= 11 is 0. The van der Waals surface area contributed by atoms with Crippen LogP contribution in [0.25, 0.3) is 0 Å². The van der Waals surface area contributed by atoms with Crippen molar-refractivity contribution in [1.82, 2.24) is 5.32 Å². The van der Waals surface area contributed by atoms with Crippen LogP contribution in [-0.2, 0) is 9.59 Å². The highest BCUT2D eigenvalue weighted by molar-refractivity contribution is 6.06. The summed E-state index contributed by atoms with van der Waals surface area (Å²) in [5, 5.41) is 33.6. The number of carbonyl (C=O) groups excluding carboxylic acids is 1. The summed E-state index contributed by atoms with van der Waals surface area (Å²) in [4.78, 5) is 33.0. The van der Waals surface area contributed by atoms with E-state index in [4.69, 9.17) is 10.4 Å². The van der Waals surface area contributed by atoms with Crippen molar-refractivity contribution in [3.8, 4) is 6.07 Å². The van der Waals surface area contributed by atoms with Gasteiger partial charge in [-0.05, 0) is 18.1 Å². The third-order valence-corrected chi connectivity index (χ3v) is 3.04. The number of amides is 1. The van der Waals surface area contributed by atoms with Crippen LogP contribution in [-0.4, -0.2) is 27.9 Å². The maximum Gasteiger partial charge on any atom is 0.326 e. The quantitative estimate of drug-likeness (QED) is 0.298. The van der Waals surface area contributed by atoms with Crippen molar-refractivity contribution in [3.05, 3.63) is 46.2 Å². The molecule has 0 bridgehead atoms. The molecule has 1 amide bonds. The number of hydrogen-bond donors (Lipinski definition) is 3. The third-order valence-electron chi connectivity index (χ3n) is 3.04. The van der Waals surface area contributed by atoms with Gasteiger partial charge < -0.3 is 15.7 Å². The second-order valence-electron chi connectivity index (χ2n) is 5.15. The lowest BCUT2D eigenvalue weighted by atomic mass is 10.1. The summed E-state index contributed by atoms with van der Waals surface area (Å²) in [5.74, 6) is -2.11. The van der Waals surface area contributed by atoms with Crippen LogP contribution in [0.2, 0.25) is 0 Å². The fourth-order valence-electron chi connectivity index (χ4n) is 1.74. The average molecular weight is 332 g/mol. The van der Waals surface area contributed by atoms with E-state index in [-0.39, 0.29) is 22.9 Å². The number of benzene rings is 1. The lowest BCUT2D eigenvalue weighted by Crippen LogP contribution is -2.38. The number of nitro benzene ring substituents is 1. The van der Waals surface area contributed by atoms with Crippen molar-refractivity contribution in [2.45, 2.75) is 19.9 Å². The van der Waals surface area contributed by atoms with Crippen molar-refractivity contribution < 1.29 is 19.6 Å². The maximum atomic E-state index is 12.0. The number of aliphatic carboxylic acids is 1. The highest BCUT2D eigenvalue weighted by Gasteiger charge is 2.20. The Bertz CT molecular complexity index is 704. The lowest BCUT2D eigenvalue weighted by Gasteiger charge is -2.16.